The largest absolute Gasteiger partial charge is 0.399 e. The summed E-state index contributed by atoms with van der Waals surface area (Å²) in [6.45, 7) is 2.55. The van der Waals surface area contributed by atoms with E-state index in [1.165, 1.54) is 4.57 Å². The molecule has 2 rings (SSSR count). The molecule has 21 heavy (non-hydrogen) atoms. The molecule has 0 saturated carbocycles. The van der Waals surface area contributed by atoms with Crippen LogP contribution in [-0.4, -0.2) is 15.0 Å². The molecule has 0 aliphatic carbocycles. The predicted octanol–water partition coefficient (Wildman–Crippen LogP) is 1.93. The van der Waals surface area contributed by atoms with E-state index in [-0.39, 0.29) is 18.1 Å². The number of nitrogens with one attached hydrogen (secondary N) is 1. The van der Waals surface area contributed by atoms with Crippen LogP contribution in [0.1, 0.15) is 13.3 Å². The number of carbonyl (C=O) groups is 1. The smallest absolute Gasteiger partial charge is 0.328 e. The van der Waals surface area contributed by atoms with Gasteiger partial charge in [-0.05, 0) is 24.6 Å². The highest BCUT2D eigenvalue weighted by atomic mass is 35.5. The summed E-state index contributed by atoms with van der Waals surface area (Å²) >= 11 is 5.98. The summed E-state index contributed by atoms with van der Waals surface area (Å²) in [5.41, 5.74) is 6.38. The number of amides is 1. The third kappa shape index (κ3) is 3.66. The number of nitrogens with two attached hydrogens (primary N) is 1. The molecule has 0 atom stereocenters. The monoisotopic (exact) mass is 308 g/mol. The average Bonchev–Trinajstić information content (AvgIpc) is 2.76. The Morgan fingerprint density at radius 2 is 2.05 bits per heavy atom. The molecule has 0 aliphatic heterocycles. The summed E-state index contributed by atoms with van der Waals surface area (Å²) in [5.74, 6) is -0.334. The first-order valence-corrected chi connectivity index (χ1v) is 6.99. The Balaban J connectivity index is 2.08. The molecule has 3 N–H and O–H groups in total. The van der Waals surface area contributed by atoms with E-state index in [9.17, 15) is 9.59 Å². The van der Waals surface area contributed by atoms with Crippen molar-refractivity contribution in [3.8, 4) is 0 Å². The van der Waals surface area contributed by atoms with Crippen molar-refractivity contribution in [3.63, 3.8) is 0 Å². The second-order valence-electron chi connectivity index (χ2n) is 4.69. The maximum Gasteiger partial charge on any atom is 0.328 e. The van der Waals surface area contributed by atoms with E-state index < -0.39 is 0 Å². The highest BCUT2D eigenvalue weighted by Crippen LogP contribution is 2.23. The minimum atomic E-state index is -0.334. The van der Waals surface area contributed by atoms with E-state index in [0.717, 1.165) is 6.42 Å². The van der Waals surface area contributed by atoms with Crippen molar-refractivity contribution in [2.75, 3.05) is 11.1 Å². The molecule has 1 aromatic heterocycles. The molecule has 1 amide bonds. The van der Waals surface area contributed by atoms with E-state index in [1.807, 2.05) is 6.92 Å². The van der Waals surface area contributed by atoms with Crippen LogP contribution in [-0.2, 0) is 17.9 Å². The van der Waals surface area contributed by atoms with Gasteiger partial charge < -0.3 is 11.1 Å². The number of carbonyl (C=O) groups excluding carboxylic acids is 1. The van der Waals surface area contributed by atoms with Crippen LogP contribution in [0.2, 0.25) is 5.02 Å². The summed E-state index contributed by atoms with van der Waals surface area (Å²) in [5, 5.41) is 3.04. The number of imidazole rings is 1. The van der Waals surface area contributed by atoms with Crippen LogP contribution in [0.25, 0.3) is 0 Å². The zero-order valence-corrected chi connectivity index (χ0v) is 12.4. The molecule has 6 nitrogen and oxygen atoms in total. The van der Waals surface area contributed by atoms with Gasteiger partial charge in [0.1, 0.15) is 6.54 Å². The van der Waals surface area contributed by atoms with E-state index in [2.05, 4.69) is 5.32 Å². The van der Waals surface area contributed by atoms with Gasteiger partial charge in [0.2, 0.25) is 5.91 Å². The van der Waals surface area contributed by atoms with Crippen LogP contribution in [0.4, 0.5) is 11.4 Å². The van der Waals surface area contributed by atoms with Crippen molar-refractivity contribution in [3.05, 3.63) is 46.1 Å². The van der Waals surface area contributed by atoms with Crippen molar-refractivity contribution in [2.45, 2.75) is 26.4 Å². The fraction of sp³-hybridized carbons (Fsp3) is 0.286. The number of nitrogen functional groups attached to an aromatic ring is 1. The Morgan fingerprint density at radius 3 is 2.76 bits per heavy atom. The second kappa shape index (κ2) is 6.49. The highest BCUT2D eigenvalue weighted by molar-refractivity contribution is 6.33. The van der Waals surface area contributed by atoms with Gasteiger partial charge in [-0.3, -0.25) is 13.9 Å². The number of hydrogen-bond acceptors (Lipinski definition) is 3. The molecule has 0 fully saturated rings. The van der Waals surface area contributed by atoms with Crippen LogP contribution < -0.4 is 16.7 Å². The van der Waals surface area contributed by atoms with Gasteiger partial charge in [-0.15, -0.1) is 0 Å². The van der Waals surface area contributed by atoms with Crippen LogP contribution in [0.5, 0.6) is 0 Å². The predicted molar refractivity (Wildman–Crippen MR) is 83.5 cm³/mol. The molecular weight excluding hydrogens is 292 g/mol. The van der Waals surface area contributed by atoms with Crippen LogP contribution >= 0.6 is 11.6 Å². The summed E-state index contributed by atoms with van der Waals surface area (Å²) in [7, 11) is 0. The van der Waals surface area contributed by atoms with Crippen molar-refractivity contribution < 1.29 is 4.79 Å². The van der Waals surface area contributed by atoms with Gasteiger partial charge in [0, 0.05) is 24.6 Å². The first kappa shape index (κ1) is 15.2. The van der Waals surface area contributed by atoms with Gasteiger partial charge in [-0.1, -0.05) is 18.5 Å². The lowest BCUT2D eigenvalue weighted by atomic mass is 10.3. The van der Waals surface area contributed by atoms with Crippen LogP contribution in [0.15, 0.2) is 35.4 Å². The van der Waals surface area contributed by atoms with Crippen molar-refractivity contribution in [1.29, 1.82) is 0 Å². The number of anilines is 2. The minimum absolute atomic E-state index is 0.0688. The number of rotatable bonds is 5. The minimum Gasteiger partial charge on any atom is -0.399 e. The van der Waals surface area contributed by atoms with Gasteiger partial charge in [0.15, 0.2) is 0 Å². The quantitative estimate of drug-likeness (QED) is 0.828. The zero-order chi connectivity index (χ0) is 15.4. The lowest BCUT2D eigenvalue weighted by molar-refractivity contribution is -0.116. The lowest BCUT2D eigenvalue weighted by Gasteiger charge is -2.08. The number of nitrogens with zero attached hydrogens (tertiary/aromatic N) is 2. The van der Waals surface area contributed by atoms with Crippen LogP contribution in [0.3, 0.4) is 0 Å². The maximum atomic E-state index is 12.0. The molecule has 7 heteroatoms. The molecule has 112 valence electrons. The first-order valence-electron chi connectivity index (χ1n) is 6.61. The summed E-state index contributed by atoms with van der Waals surface area (Å²) in [6.07, 6.45) is 4.13. The Labute approximate surface area is 127 Å². The van der Waals surface area contributed by atoms with E-state index in [1.54, 1.807) is 35.2 Å². The van der Waals surface area contributed by atoms with Crippen LogP contribution in [0, 0.1) is 0 Å². The number of aromatic nitrogens is 2. The molecular formula is C14H17ClN4O2. The first-order chi connectivity index (χ1) is 10.0. The molecule has 0 aliphatic rings. The van der Waals surface area contributed by atoms with Gasteiger partial charge in [-0.2, -0.15) is 0 Å². The Bertz CT molecular complexity index is 705. The van der Waals surface area contributed by atoms with Crippen molar-refractivity contribution in [1.82, 2.24) is 9.13 Å². The fourth-order valence-corrected chi connectivity index (χ4v) is 2.13. The van der Waals surface area contributed by atoms with Gasteiger partial charge >= 0.3 is 5.69 Å². The number of benzene rings is 1. The second-order valence-corrected chi connectivity index (χ2v) is 5.10. The summed E-state index contributed by atoms with van der Waals surface area (Å²) in [6, 6.07) is 4.83. The number of hydrogen-bond donors (Lipinski definition) is 2. The molecule has 1 heterocycles. The Morgan fingerprint density at radius 1 is 1.33 bits per heavy atom. The Hall–Kier alpha value is -2.21. The molecule has 0 spiro atoms. The van der Waals surface area contributed by atoms with Gasteiger partial charge in [0.25, 0.3) is 0 Å². The van der Waals surface area contributed by atoms with Crippen molar-refractivity contribution in [2.24, 2.45) is 0 Å². The molecule has 1 aromatic carbocycles. The molecule has 0 unspecified atom stereocenters. The van der Waals surface area contributed by atoms with E-state index in [4.69, 9.17) is 17.3 Å². The Kier molecular flexibility index (Phi) is 4.70. The summed E-state index contributed by atoms with van der Waals surface area (Å²) < 4.78 is 2.92. The highest BCUT2D eigenvalue weighted by Gasteiger charge is 2.10. The van der Waals surface area contributed by atoms with Gasteiger partial charge in [0.05, 0.1) is 10.7 Å². The number of halogens is 1. The number of aryl methyl sites for hydroxylation is 1. The average molecular weight is 309 g/mol. The van der Waals surface area contributed by atoms with Gasteiger partial charge in [-0.25, -0.2) is 4.79 Å². The normalized spacial score (nSPS) is 10.6. The molecule has 0 bridgehead atoms. The third-order valence-electron chi connectivity index (χ3n) is 2.96. The standard InChI is InChI=1S/C14H17ClN4O2/c1-2-5-18-6-7-19(14(18)21)9-13(20)17-12-8-10(16)3-4-11(12)15/h3-4,6-8H,2,5,9,16H2,1H3,(H,17,20). The molecule has 2 aromatic rings. The third-order valence-corrected chi connectivity index (χ3v) is 3.29. The zero-order valence-electron chi connectivity index (χ0n) is 11.7. The lowest BCUT2D eigenvalue weighted by Crippen LogP contribution is -2.29. The fourth-order valence-electron chi connectivity index (χ4n) is 1.97. The maximum absolute atomic E-state index is 12.0. The summed E-state index contributed by atoms with van der Waals surface area (Å²) in [4.78, 5) is 24.0. The SMILES string of the molecule is CCCn1ccn(CC(=O)Nc2cc(N)ccc2Cl)c1=O. The topological polar surface area (TPSA) is 82.1 Å². The molecule has 0 radical (unpaired) electrons. The molecule has 0 saturated heterocycles. The van der Waals surface area contributed by atoms with E-state index in [0.29, 0.717) is 22.9 Å². The van der Waals surface area contributed by atoms with E-state index >= 15 is 0 Å². The van der Waals surface area contributed by atoms with Crippen molar-refractivity contribution >= 4 is 28.9 Å².